The van der Waals surface area contributed by atoms with E-state index >= 15 is 0 Å². The number of benzene rings is 3. The Labute approximate surface area is 230 Å². The maximum atomic E-state index is 13.3. The normalized spacial score (nSPS) is 16.7. The molecular formula is C31H39N3O5. The first-order valence-electron chi connectivity index (χ1n) is 13.4. The number of aryl methyl sites for hydroxylation is 1. The molecule has 208 valence electrons. The number of piperazine rings is 1. The molecule has 0 aliphatic carbocycles. The maximum absolute atomic E-state index is 13.3. The number of ether oxygens (including phenoxy) is 2. The summed E-state index contributed by atoms with van der Waals surface area (Å²) in [7, 11) is 1.52. The summed E-state index contributed by atoms with van der Waals surface area (Å²) in [5.41, 5.74) is 2.45. The van der Waals surface area contributed by atoms with Gasteiger partial charge in [-0.05, 0) is 67.8 Å². The van der Waals surface area contributed by atoms with Gasteiger partial charge < -0.3 is 29.9 Å². The van der Waals surface area contributed by atoms with Crippen LogP contribution in [0.1, 0.15) is 36.7 Å². The zero-order valence-electron chi connectivity index (χ0n) is 23.3. The van der Waals surface area contributed by atoms with Crippen LogP contribution >= 0.6 is 0 Å². The molecule has 3 N–H and O–H groups in total. The van der Waals surface area contributed by atoms with Gasteiger partial charge in [-0.3, -0.25) is 9.69 Å². The highest BCUT2D eigenvalue weighted by Gasteiger charge is 2.28. The molecule has 1 aliphatic rings. The Balaban J connectivity index is 1.40. The summed E-state index contributed by atoms with van der Waals surface area (Å²) in [5.74, 6) is 1.50. The molecule has 1 aliphatic heterocycles. The molecule has 3 aromatic rings. The highest BCUT2D eigenvalue weighted by atomic mass is 16.5. The van der Waals surface area contributed by atoms with Gasteiger partial charge in [-0.2, -0.15) is 0 Å². The number of nitrogens with one attached hydrogen (secondary N) is 1. The minimum absolute atomic E-state index is 0.0290. The third kappa shape index (κ3) is 6.95. The van der Waals surface area contributed by atoms with Gasteiger partial charge in [0.05, 0.1) is 7.11 Å². The topological polar surface area (TPSA) is 94.5 Å². The van der Waals surface area contributed by atoms with Gasteiger partial charge in [-0.25, -0.2) is 0 Å². The van der Waals surface area contributed by atoms with Crippen LogP contribution in [0.4, 0.5) is 5.69 Å². The fourth-order valence-electron chi connectivity index (χ4n) is 4.92. The minimum atomic E-state index is -0.177. The van der Waals surface area contributed by atoms with E-state index in [9.17, 15) is 15.0 Å². The SMILES string of the molecule is COc1cc(C(=O)NC(CN2CCN(c3cccc(O)c3)[C@@H](C)C2)C(C)C)ccc1Oc1cc(C)ccc1O. The number of hydrogen-bond donors (Lipinski definition) is 3. The van der Waals surface area contributed by atoms with Crippen molar-refractivity contribution in [2.75, 3.05) is 38.2 Å². The molecule has 0 bridgehead atoms. The van der Waals surface area contributed by atoms with E-state index in [1.165, 1.54) is 7.11 Å². The van der Waals surface area contributed by atoms with Crippen LogP contribution < -0.4 is 19.7 Å². The van der Waals surface area contributed by atoms with Crippen LogP contribution in [-0.2, 0) is 0 Å². The summed E-state index contributed by atoms with van der Waals surface area (Å²) < 4.78 is 11.4. The fraction of sp³-hybridized carbons (Fsp3) is 0.387. The van der Waals surface area contributed by atoms with Crippen LogP contribution in [0.5, 0.6) is 28.7 Å². The number of aromatic hydroxyl groups is 2. The molecular weight excluding hydrogens is 494 g/mol. The van der Waals surface area contributed by atoms with Crippen molar-refractivity contribution in [2.24, 2.45) is 5.92 Å². The highest BCUT2D eigenvalue weighted by Crippen LogP contribution is 2.37. The van der Waals surface area contributed by atoms with Gasteiger partial charge in [0.15, 0.2) is 23.0 Å². The van der Waals surface area contributed by atoms with E-state index in [2.05, 4.69) is 35.9 Å². The molecule has 0 spiro atoms. The van der Waals surface area contributed by atoms with Crippen molar-refractivity contribution in [2.45, 2.75) is 39.8 Å². The van der Waals surface area contributed by atoms with E-state index in [-0.39, 0.29) is 35.4 Å². The van der Waals surface area contributed by atoms with Crippen LogP contribution in [0.3, 0.4) is 0 Å². The number of carbonyl (C=O) groups is 1. The van der Waals surface area contributed by atoms with E-state index in [1.54, 1.807) is 48.5 Å². The molecule has 1 fully saturated rings. The van der Waals surface area contributed by atoms with Gasteiger partial charge in [0.1, 0.15) is 5.75 Å². The average molecular weight is 534 g/mol. The Morgan fingerprint density at radius 1 is 1.03 bits per heavy atom. The predicted molar refractivity (Wildman–Crippen MR) is 153 cm³/mol. The van der Waals surface area contributed by atoms with Gasteiger partial charge in [-0.1, -0.05) is 26.0 Å². The number of hydrogen-bond acceptors (Lipinski definition) is 7. The lowest BCUT2D eigenvalue weighted by atomic mass is 10.0. The summed E-state index contributed by atoms with van der Waals surface area (Å²) in [6.07, 6.45) is 0. The summed E-state index contributed by atoms with van der Waals surface area (Å²) in [6.45, 7) is 11.6. The van der Waals surface area contributed by atoms with Crippen molar-refractivity contribution in [3.05, 3.63) is 71.8 Å². The number of methoxy groups -OCH3 is 1. The number of anilines is 1. The van der Waals surface area contributed by atoms with Gasteiger partial charge in [0.2, 0.25) is 0 Å². The second kappa shape index (κ2) is 12.3. The summed E-state index contributed by atoms with van der Waals surface area (Å²) in [6, 6.07) is 17.8. The number of phenols is 2. The lowest BCUT2D eigenvalue weighted by molar-refractivity contribution is 0.0902. The van der Waals surface area contributed by atoms with Crippen molar-refractivity contribution in [3.63, 3.8) is 0 Å². The third-order valence-corrected chi connectivity index (χ3v) is 7.21. The smallest absolute Gasteiger partial charge is 0.251 e. The van der Waals surface area contributed by atoms with Crippen molar-refractivity contribution < 1.29 is 24.5 Å². The Morgan fingerprint density at radius 3 is 2.51 bits per heavy atom. The largest absolute Gasteiger partial charge is 0.508 e. The first kappa shape index (κ1) is 28.1. The second-order valence-electron chi connectivity index (χ2n) is 10.6. The van der Waals surface area contributed by atoms with Crippen LogP contribution in [0.2, 0.25) is 0 Å². The van der Waals surface area contributed by atoms with E-state index in [1.807, 2.05) is 19.1 Å². The molecule has 1 saturated heterocycles. The van der Waals surface area contributed by atoms with Crippen molar-refractivity contribution in [3.8, 4) is 28.7 Å². The van der Waals surface area contributed by atoms with Gasteiger partial charge in [0.25, 0.3) is 5.91 Å². The molecule has 1 unspecified atom stereocenters. The number of amides is 1. The summed E-state index contributed by atoms with van der Waals surface area (Å²) in [4.78, 5) is 18.0. The Bertz CT molecular complexity index is 1290. The second-order valence-corrected chi connectivity index (χ2v) is 10.6. The third-order valence-electron chi connectivity index (χ3n) is 7.21. The van der Waals surface area contributed by atoms with Crippen molar-refractivity contribution >= 4 is 11.6 Å². The molecule has 0 saturated carbocycles. The molecule has 0 aromatic heterocycles. The molecule has 3 aromatic carbocycles. The van der Waals surface area contributed by atoms with E-state index < -0.39 is 0 Å². The monoisotopic (exact) mass is 533 g/mol. The van der Waals surface area contributed by atoms with E-state index in [4.69, 9.17) is 9.47 Å². The van der Waals surface area contributed by atoms with Crippen LogP contribution in [0, 0.1) is 12.8 Å². The molecule has 0 radical (unpaired) electrons. The minimum Gasteiger partial charge on any atom is -0.508 e. The fourth-order valence-corrected chi connectivity index (χ4v) is 4.92. The Hall–Kier alpha value is -3.91. The molecule has 8 heteroatoms. The summed E-state index contributed by atoms with van der Waals surface area (Å²) >= 11 is 0. The van der Waals surface area contributed by atoms with Crippen molar-refractivity contribution in [1.29, 1.82) is 0 Å². The first-order valence-corrected chi connectivity index (χ1v) is 13.4. The standard InChI is InChI=1S/C31H39N3O5/c1-20(2)26(19-33-13-14-34(22(4)18-33)24-7-6-8-25(35)17-24)32-31(37)23-10-12-28(30(16-23)38-5)39-29-15-21(3)9-11-27(29)36/h6-12,15-17,20,22,26,35-36H,13-14,18-19H2,1-5H3,(H,32,37)/t22-,26?/m0/s1. The average Bonchev–Trinajstić information content (AvgIpc) is 2.90. The number of rotatable bonds is 9. The molecule has 1 heterocycles. The highest BCUT2D eigenvalue weighted by molar-refractivity contribution is 5.95. The van der Waals surface area contributed by atoms with Crippen molar-refractivity contribution in [1.82, 2.24) is 10.2 Å². The van der Waals surface area contributed by atoms with Gasteiger partial charge in [-0.15, -0.1) is 0 Å². The lowest BCUT2D eigenvalue weighted by Gasteiger charge is -2.42. The van der Waals surface area contributed by atoms with Crippen LogP contribution in [-0.4, -0.2) is 66.4 Å². The van der Waals surface area contributed by atoms with E-state index in [0.29, 0.717) is 22.8 Å². The zero-order chi connectivity index (χ0) is 28.1. The molecule has 1 amide bonds. The lowest BCUT2D eigenvalue weighted by Crippen LogP contribution is -2.56. The number of carbonyl (C=O) groups excluding carboxylic acids is 1. The Morgan fingerprint density at radius 2 is 1.82 bits per heavy atom. The van der Waals surface area contributed by atoms with Crippen LogP contribution in [0.25, 0.3) is 0 Å². The number of nitrogens with zero attached hydrogens (tertiary/aromatic N) is 2. The van der Waals surface area contributed by atoms with E-state index in [0.717, 1.165) is 37.4 Å². The molecule has 4 rings (SSSR count). The zero-order valence-corrected chi connectivity index (χ0v) is 23.3. The van der Waals surface area contributed by atoms with Gasteiger partial charge in [0, 0.05) is 55.6 Å². The molecule has 39 heavy (non-hydrogen) atoms. The molecule has 8 nitrogen and oxygen atoms in total. The number of phenolic OH excluding ortho intramolecular Hbond substituents is 2. The quantitative estimate of drug-likeness (QED) is 0.349. The molecule has 2 atom stereocenters. The first-order chi connectivity index (χ1) is 18.6. The van der Waals surface area contributed by atoms with Crippen LogP contribution in [0.15, 0.2) is 60.7 Å². The maximum Gasteiger partial charge on any atom is 0.251 e. The van der Waals surface area contributed by atoms with Gasteiger partial charge >= 0.3 is 0 Å². The predicted octanol–water partition coefficient (Wildman–Crippen LogP) is 5.17. The summed E-state index contributed by atoms with van der Waals surface area (Å²) in [5, 5.41) is 23.2. The Kier molecular flexibility index (Phi) is 8.86.